The molecule has 1 fully saturated rings. The summed E-state index contributed by atoms with van der Waals surface area (Å²) in [6, 6.07) is 9.69. The average Bonchev–Trinajstić information content (AvgIpc) is 3.19. The number of hydrogen-bond donors (Lipinski definition) is 2. The first-order valence-electron chi connectivity index (χ1n) is 6.68. The molecule has 118 valence electrons. The van der Waals surface area contributed by atoms with E-state index in [0.717, 1.165) is 5.69 Å². The molecule has 2 aromatic rings. The number of carbonyl (C=O) groups excluding carboxylic acids is 1. The second-order valence-electron chi connectivity index (χ2n) is 4.66. The number of amides is 1. The summed E-state index contributed by atoms with van der Waals surface area (Å²) in [5.41, 5.74) is 8.02. The lowest BCUT2D eigenvalue weighted by atomic mass is 10.2. The summed E-state index contributed by atoms with van der Waals surface area (Å²) in [4.78, 5) is 12.2. The zero-order valence-electron chi connectivity index (χ0n) is 11.8. The summed E-state index contributed by atoms with van der Waals surface area (Å²) in [6.07, 6.45) is 1.43. The SMILES string of the molecule is Cl.NCc1cc(C(=O)Nc2cccc(C3SCCS3)c2)co1. The van der Waals surface area contributed by atoms with Crippen molar-refractivity contribution >= 4 is 47.5 Å². The van der Waals surface area contributed by atoms with Crippen molar-refractivity contribution in [3.05, 3.63) is 53.5 Å². The largest absolute Gasteiger partial charge is 0.467 e. The number of rotatable bonds is 4. The van der Waals surface area contributed by atoms with Crippen molar-refractivity contribution in [2.24, 2.45) is 5.73 Å². The summed E-state index contributed by atoms with van der Waals surface area (Å²) in [6.45, 7) is 0.291. The fourth-order valence-electron chi connectivity index (χ4n) is 2.12. The number of carbonyl (C=O) groups is 1. The van der Waals surface area contributed by atoms with E-state index < -0.39 is 0 Å². The second kappa shape index (κ2) is 7.97. The Morgan fingerprint density at radius 2 is 2.09 bits per heavy atom. The standard InChI is InChI=1S/C15H16N2O2S2.ClH/c16-8-13-7-11(9-19-13)14(18)17-12-3-1-2-10(6-12)15-20-4-5-21-15;/h1-3,6-7,9,15H,4-5,8,16H2,(H,17,18);1H. The minimum atomic E-state index is -0.178. The molecule has 0 aliphatic carbocycles. The van der Waals surface area contributed by atoms with Gasteiger partial charge in [0.2, 0.25) is 0 Å². The van der Waals surface area contributed by atoms with E-state index in [1.807, 2.05) is 41.7 Å². The number of hydrogen-bond acceptors (Lipinski definition) is 5. The van der Waals surface area contributed by atoms with Crippen molar-refractivity contribution < 1.29 is 9.21 Å². The highest BCUT2D eigenvalue weighted by Gasteiger charge is 2.18. The molecule has 1 aromatic carbocycles. The molecule has 2 heterocycles. The van der Waals surface area contributed by atoms with Crippen molar-refractivity contribution in [2.45, 2.75) is 11.1 Å². The summed E-state index contributed by atoms with van der Waals surface area (Å²) < 4.78 is 5.66. The molecule has 0 radical (unpaired) electrons. The maximum Gasteiger partial charge on any atom is 0.258 e. The number of furan rings is 1. The molecule has 0 spiro atoms. The first-order valence-corrected chi connectivity index (χ1v) is 8.78. The number of halogens is 1. The third-order valence-corrected chi connectivity index (χ3v) is 6.26. The van der Waals surface area contributed by atoms with Gasteiger partial charge in [0.1, 0.15) is 12.0 Å². The lowest BCUT2D eigenvalue weighted by Gasteiger charge is -2.10. The molecule has 7 heteroatoms. The molecular formula is C15H17ClN2O2S2. The number of anilines is 1. The van der Waals surface area contributed by atoms with Crippen LogP contribution < -0.4 is 11.1 Å². The Bertz CT molecular complexity index is 642. The van der Waals surface area contributed by atoms with Crippen molar-refractivity contribution in [2.75, 3.05) is 16.8 Å². The van der Waals surface area contributed by atoms with E-state index in [-0.39, 0.29) is 18.3 Å². The molecule has 0 atom stereocenters. The van der Waals surface area contributed by atoms with Crippen LogP contribution in [-0.2, 0) is 6.54 Å². The normalized spacial score (nSPS) is 14.6. The quantitative estimate of drug-likeness (QED) is 0.869. The summed E-state index contributed by atoms with van der Waals surface area (Å²) >= 11 is 3.89. The van der Waals surface area contributed by atoms with E-state index >= 15 is 0 Å². The average molecular weight is 357 g/mol. The fourth-order valence-corrected chi connectivity index (χ4v) is 4.96. The smallest absolute Gasteiger partial charge is 0.258 e. The molecule has 1 saturated heterocycles. The third kappa shape index (κ3) is 4.01. The van der Waals surface area contributed by atoms with Gasteiger partial charge in [-0.3, -0.25) is 4.79 Å². The van der Waals surface area contributed by atoms with E-state index in [1.165, 1.54) is 23.3 Å². The molecule has 3 N–H and O–H groups in total. The summed E-state index contributed by atoms with van der Waals surface area (Å²) in [5, 5.41) is 2.90. The first kappa shape index (κ1) is 17.3. The minimum absolute atomic E-state index is 0. The van der Waals surface area contributed by atoms with Crippen LogP contribution in [0.25, 0.3) is 0 Å². The molecule has 0 saturated carbocycles. The van der Waals surface area contributed by atoms with E-state index in [1.54, 1.807) is 6.07 Å². The predicted molar refractivity (Wildman–Crippen MR) is 95.9 cm³/mol. The Morgan fingerprint density at radius 1 is 1.32 bits per heavy atom. The topological polar surface area (TPSA) is 68.3 Å². The highest BCUT2D eigenvalue weighted by Crippen LogP contribution is 2.45. The van der Waals surface area contributed by atoms with Crippen LogP contribution in [0.1, 0.15) is 26.3 Å². The van der Waals surface area contributed by atoms with Crippen LogP contribution in [0.5, 0.6) is 0 Å². The van der Waals surface area contributed by atoms with Gasteiger partial charge in [0.25, 0.3) is 5.91 Å². The monoisotopic (exact) mass is 356 g/mol. The van der Waals surface area contributed by atoms with Crippen LogP contribution in [0.4, 0.5) is 5.69 Å². The van der Waals surface area contributed by atoms with Crippen LogP contribution in [0.3, 0.4) is 0 Å². The Labute approximate surface area is 144 Å². The van der Waals surface area contributed by atoms with Gasteiger partial charge in [-0.05, 0) is 23.8 Å². The molecule has 1 aromatic heterocycles. The highest BCUT2D eigenvalue weighted by molar-refractivity contribution is 8.19. The van der Waals surface area contributed by atoms with Crippen molar-refractivity contribution in [1.82, 2.24) is 0 Å². The van der Waals surface area contributed by atoms with Gasteiger partial charge in [0, 0.05) is 17.2 Å². The minimum Gasteiger partial charge on any atom is -0.467 e. The maximum atomic E-state index is 12.2. The van der Waals surface area contributed by atoms with Crippen LogP contribution >= 0.6 is 35.9 Å². The molecule has 22 heavy (non-hydrogen) atoms. The van der Waals surface area contributed by atoms with Gasteiger partial charge in [-0.2, -0.15) is 0 Å². The molecule has 1 aliphatic heterocycles. The number of benzene rings is 1. The summed E-state index contributed by atoms with van der Waals surface area (Å²) in [5.74, 6) is 2.79. The van der Waals surface area contributed by atoms with Gasteiger partial charge >= 0.3 is 0 Å². The first-order chi connectivity index (χ1) is 10.3. The predicted octanol–water partition coefficient (Wildman–Crippen LogP) is 3.89. The van der Waals surface area contributed by atoms with Crippen LogP contribution in [0.2, 0.25) is 0 Å². The van der Waals surface area contributed by atoms with Gasteiger partial charge < -0.3 is 15.5 Å². The molecule has 0 bridgehead atoms. The number of nitrogens with two attached hydrogens (primary N) is 1. The van der Waals surface area contributed by atoms with Crippen molar-refractivity contribution in [3.63, 3.8) is 0 Å². The van der Waals surface area contributed by atoms with Gasteiger partial charge in [0.05, 0.1) is 16.7 Å². The number of nitrogens with one attached hydrogen (secondary N) is 1. The molecular weight excluding hydrogens is 340 g/mol. The fraction of sp³-hybridized carbons (Fsp3) is 0.267. The highest BCUT2D eigenvalue weighted by atomic mass is 35.5. The molecule has 1 amide bonds. The van der Waals surface area contributed by atoms with E-state index in [0.29, 0.717) is 22.5 Å². The Hall–Kier alpha value is -1.08. The lowest BCUT2D eigenvalue weighted by molar-refractivity contribution is 0.102. The van der Waals surface area contributed by atoms with Gasteiger partial charge in [-0.25, -0.2) is 0 Å². The van der Waals surface area contributed by atoms with E-state index in [4.69, 9.17) is 10.2 Å². The van der Waals surface area contributed by atoms with E-state index in [2.05, 4.69) is 11.4 Å². The zero-order valence-corrected chi connectivity index (χ0v) is 14.2. The zero-order chi connectivity index (χ0) is 14.7. The van der Waals surface area contributed by atoms with E-state index in [9.17, 15) is 4.79 Å². The summed E-state index contributed by atoms with van der Waals surface area (Å²) in [7, 11) is 0. The molecule has 1 aliphatic rings. The maximum absolute atomic E-state index is 12.2. The van der Waals surface area contributed by atoms with Crippen molar-refractivity contribution in [1.29, 1.82) is 0 Å². The Balaban J connectivity index is 0.00000176. The van der Waals surface area contributed by atoms with Gasteiger partial charge in [0.15, 0.2) is 0 Å². The third-order valence-electron chi connectivity index (χ3n) is 3.16. The van der Waals surface area contributed by atoms with Crippen LogP contribution in [-0.4, -0.2) is 17.4 Å². The van der Waals surface area contributed by atoms with Gasteiger partial charge in [-0.1, -0.05) is 12.1 Å². The lowest BCUT2D eigenvalue weighted by Crippen LogP contribution is -2.11. The van der Waals surface area contributed by atoms with Crippen LogP contribution in [0.15, 0.2) is 41.0 Å². The number of thioether (sulfide) groups is 2. The Kier molecular flexibility index (Phi) is 6.26. The van der Waals surface area contributed by atoms with Crippen molar-refractivity contribution in [3.8, 4) is 0 Å². The molecule has 4 nitrogen and oxygen atoms in total. The molecule has 0 unspecified atom stereocenters. The van der Waals surface area contributed by atoms with Gasteiger partial charge in [-0.15, -0.1) is 35.9 Å². The molecule has 3 rings (SSSR count). The second-order valence-corrected chi connectivity index (χ2v) is 7.38. The Morgan fingerprint density at radius 3 is 2.77 bits per heavy atom. The van der Waals surface area contributed by atoms with Crippen LogP contribution in [0, 0.1) is 0 Å².